The van der Waals surface area contributed by atoms with Crippen LogP contribution in [0.15, 0.2) is 21.6 Å². The van der Waals surface area contributed by atoms with Crippen molar-refractivity contribution in [1.82, 2.24) is 10.0 Å². The third-order valence-corrected chi connectivity index (χ3v) is 5.39. The molecule has 0 aromatic carbocycles. The molecule has 2 rings (SSSR count). The largest absolute Gasteiger partial charge is 0.447 e. The molecule has 0 amide bonds. The molecule has 7 nitrogen and oxygen atoms in total. The van der Waals surface area contributed by atoms with E-state index in [0.717, 1.165) is 19.1 Å². The molecule has 1 aliphatic carbocycles. The van der Waals surface area contributed by atoms with Gasteiger partial charge < -0.3 is 9.73 Å². The van der Waals surface area contributed by atoms with Gasteiger partial charge in [-0.25, -0.2) is 21.6 Å². The minimum absolute atomic E-state index is 0.0514. The van der Waals surface area contributed by atoms with Crippen LogP contribution in [0.3, 0.4) is 0 Å². The Morgan fingerprint density at radius 3 is 2.57 bits per heavy atom. The van der Waals surface area contributed by atoms with Crippen LogP contribution in [0.1, 0.15) is 25.0 Å². The van der Waals surface area contributed by atoms with Crippen LogP contribution in [0.2, 0.25) is 0 Å². The van der Waals surface area contributed by atoms with Gasteiger partial charge in [0.15, 0.2) is 0 Å². The van der Waals surface area contributed by atoms with Crippen LogP contribution in [-0.4, -0.2) is 41.4 Å². The highest BCUT2D eigenvalue weighted by Gasteiger charge is 2.22. The van der Waals surface area contributed by atoms with E-state index in [2.05, 4.69) is 10.0 Å². The van der Waals surface area contributed by atoms with Crippen molar-refractivity contribution in [3.8, 4) is 0 Å². The third-order valence-electron chi connectivity index (χ3n) is 3.03. The number of rotatable bonds is 9. The molecule has 0 bridgehead atoms. The van der Waals surface area contributed by atoms with Gasteiger partial charge in [0.25, 0.3) is 10.0 Å². The SMILES string of the molecule is CS(=O)(=O)CCCNS(=O)(=O)c1ccc(CNC2CC2)o1. The van der Waals surface area contributed by atoms with Crippen LogP contribution in [0.4, 0.5) is 0 Å². The van der Waals surface area contributed by atoms with Crippen LogP contribution >= 0.6 is 0 Å². The molecule has 9 heteroatoms. The molecule has 1 aromatic rings. The first-order valence-corrected chi connectivity index (χ1v) is 10.3. The summed E-state index contributed by atoms with van der Waals surface area (Å²) >= 11 is 0. The minimum Gasteiger partial charge on any atom is -0.447 e. The predicted molar refractivity (Wildman–Crippen MR) is 78.1 cm³/mol. The fraction of sp³-hybridized carbons (Fsp3) is 0.667. The topological polar surface area (TPSA) is 105 Å². The van der Waals surface area contributed by atoms with Crippen molar-refractivity contribution in [2.75, 3.05) is 18.6 Å². The van der Waals surface area contributed by atoms with E-state index in [9.17, 15) is 16.8 Å². The van der Waals surface area contributed by atoms with Crippen molar-refractivity contribution in [1.29, 1.82) is 0 Å². The maximum absolute atomic E-state index is 11.9. The van der Waals surface area contributed by atoms with Gasteiger partial charge in [0.2, 0.25) is 5.09 Å². The average Bonchev–Trinajstić information content (AvgIpc) is 3.07. The Labute approximate surface area is 125 Å². The number of hydrogen-bond acceptors (Lipinski definition) is 6. The predicted octanol–water partition coefficient (Wildman–Crippen LogP) is 0.245. The molecule has 120 valence electrons. The second-order valence-corrected chi connectivity index (χ2v) is 9.21. The highest BCUT2D eigenvalue weighted by Crippen LogP contribution is 2.20. The summed E-state index contributed by atoms with van der Waals surface area (Å²) in [5, 5.41) is 3.09. The van der Waals surface area contributed by atoms with Crippen molar-refractivity contribution >= 4 is 19.9 Å². The zero-order valence-corrected chi connectivity index (χ0v) is 13.5. The van der Waals surface area contributed by atoms with Crippen LogP contribution in [0.25, 0.3) is 0 Å². The maximum atomic E-state index is 11.9. The van der Waals surface area contributed by atoms with E-state index in [1.807, 2.05) is 0 Å². The van der Waals surface area contributed by atoms with Crippen molar-refractivity contribution in [2.24, 2.45) is 0 Å². The standard InChI is InChI=1S/C12H20N2O5S2/c1-20(15,16)8-2-7-14-21(17,18)12-6-5-11(19-12)9-13-10-3-4-10/h5-6,10,13-14H,2-4,7-9H2,1H3. The Kier molecular flexibility index (Phi) is 5.07. The number of sulfone groups is 1. The lowest BCUT2D eigenvalue weighted by Crippen LogP contribution is -2.25. The molecule has 0 saturated heterocycles. The number of hydrogen-bond donors (Lipinski definition) is 2. The van der Waals surface area contributed by atoms with Crippen LogP contribution < -0.4 is 10.0 Å². The quantitative estimate of drug-likeness (QED) is 0.626. The van der Waals surface area contributed by atoms with Gasteiger partial charge in [-0.05, 0) is 31.4 Å². The Hall–Kier alpha value is -0.900. The third kappa shape index (κ3) is 5.77. The van der Waals surface area contributed by atoms with E-state index in [1.54, 1.807) is 6.07 Å². The van der Waals surface area contributed by atoms with E-state index < -0.39 is 19.9 Å². The van der Waals surface area contributed by atoms with Crippen molar-refractivity contribution in [3.63, 3.8) is 0 Å². The van der Waals surface area contributed by atoms with E-state index in [0.29, 0.717) is 18.3 Å². The van der Waals surface area contributed by atoms with Gasteiger partial charge in [-0.1, -0.05) is 0 Å². The van der Waals surface area contributed by atoms with E-state index in [1.165, 1.54) is 6.07 Å². The highest BCUT2D eigenvalue weighted by atomic mass is 32.2. The number of nitrogens with one attached hydrogen (secondary N) is 2. The second-order valence-electron chi connectivity index (χ2n) is 5.26. The first-order valence-electron chi connectivity index (χ1n) is 6.76. The van der Waals surface area contributed by atoms with Crippen LogP contribution in [-0.2, 0) is 26.4 Å². The molecule has 1 aromatic heterocycles. The lowest BCUT2D eigenvalue weighted by Gasteiger charge is -2.04. The lowest BCUT2D eigenvalue weighted by atomic mass is 10.4. The summed E-state index contributed by atoms with van der Waals surface area (Å²) in [5.41, 5.74) is 0. The van der Waals surface area contributed by atoms with E-state index in [4.69, 9.17) is 4.42 Å². The number of sulfonamides is 1. The summed E-state index contributed by atoms with van der Waals surface area (Å²) in [6.07, 6.45) is 3.64. The summed E-state index contributed by atoms with van der Waals surface area (Å²) in [6, 6.07) is 3.55. The monoisotopic (exact) mass is 336 g/mol. The fourth-order valence-corrected chi connectivity index (χ4v) is 3.43. The molecule has 1 saturated carbocycles. The molecule has 0 spiro atoms. The van der Waals surface area contributed by atoms with Crippen LogP contribution in [0.5, 0.6) is 0 Å². The van der Waals surface area contributed by atoms with Gasteiger partial charge in [0.05, 0.1) is 12.3 Å². The summed E-state index contributed by atoms with van der Waals surface area (Å²) in [7, 11) is -6.80. The van der Waals surface area contributed by atoms with Gasteiger partial charge in [-0.3, -0.25) is 0 Å². The molecule has 0 unspecified atom stereocenters. The smallest absolute Gasteiger partial charge is 0.273 e. The Balaban J connectivity index is 1.83. The molecular formula is C12H20N2O5S2. The van der Waals surface area contributed by atoms with E-state index >= 15 is 0 Å². The summed E-state index contributed by atoms with van der Waals surface area (Å²) in [5.74, 6) is 0.517. The van der Waals surface area contributed by atoms with Gasteiger partial charge in [0.1, 0.15) is 15.6 Å². The molecule has 1 fully saturated rings. The summed E-state index contributed by atoms with van der Waals surface area (Å²) in [6.45, 7) is 0.569. The average molecular weight is 336 g/mol. The Morgan fingerprint density at radius 2 is 1.95 bits per heavy atom. The number of furan rings is 1. The summed E-state index contributed by atoms with van der Waals surface area (Å²) in [4.78, 5) is 0. The molecule has 1 aliphatic rings. The fourth-order valence-electron chi connectivity index (χ4n) is 1.74. The zero-order chi connectivity index (χ0) is 15.5. The maximum Gasteiger partial charge on any atom is 0.273 e. The first kappa shape index (κ1) is 16.5. The minimum atomic E-state index is -3.72. The van der Waals surface area contributed by atoms with Gasteiger partial charge in [-0.15, -0.1) is 0 Å². The molecule has 0 atom stereocenters. The zero-order valence-electron chi connectivity index (χ0n) is 11.8. The van der Waals surface area contributed by atoms with Crippen molar-refractivity contribution in [2.45, 2.75) is 36.9 Å². The molecule has 2 N–H and O–H groups in total. The molecule has 0 radical (unpaired) electrons. The Bertz CT molecular complexity index is 674. The Morgan fingerprint density at radius 1 is 1.24 bits per heavy atom. The second kappa shape index (κ2) is 6.47. The van der Waals surface area contributed by atoms with Crippen molar-refractivity contribution < 1.29 is 21.3 Å². The highest BCUT2D eigenvalue weighted by molar-refractivity contribution is 7.90. The normalized spacial score (nSPS) is 16.2. The van der Waals surface area contributed by atoms with Gasteiger partial charge in [-0.2, -0.15) is 0 Å². The molecular weight excluding hydrogens is 316 g/mol. The first-order chi connectivity index (χ1) is 9.76. The molecule has 21 heavy (non-hydrogen) atoms. The van der Waals surface area contributed by atoms with E-state index in [-0.39, 0.29) is 23.8 Å². The van der Waals surface area contributed by atoms with Gasteiger partial charge in [0, 0.05) is 18.8 Å². The summed E-state index contributed by atoms with van der Waals surface area (Å²) < 4.78 is 53.4. The molecule has 0 aliphatic heterocycles. The van der Waals surface area contributed by atoms with Crippen LogP contribution in [0, 0.1) is 0 Å². The van der Waals surface area contributed by atoms with Gasteiger partial charge >= 0.3 is 0 Å². The molecule has 1 heterocycles. The lowest BCUT2D eigenvalue weighted by molar-refractivity contribution is 0.399. The van der Waals surface area contributed by atoms with Crippen molar-refractivity contribution in [3.05, 3.63) is 17.9 Å².